The summed E-state index contributed by atoms with van der Waals surface area (Å²) in [6, 6.07) is 5.34. The average Bonchev–Trinajstić information content (AvgIpc) is 2.36. The van der Waals surface area contributed by atoms with Crippen LogP contribution in [0.25, 0.3) is 10.9 Å². The Hall–Kier alpha value is -2.10. The van der Waals surface area contributed by atoms with Crippen molar-refractivity contribution in [2.75, 3.05) is 14.2 Å². The highest BCUT2D eigenvalue weighted by atomic mass is 16.5. The van der Waals surface area contributed by atoms with Crippen LogP contribution >= 0.6 is 0 Å². The Morgan fingerprint density at radius 1 is 1.12 bits per heavy atom. The molecule has 0 N–H and O–H groups in total. The van der Waals surface area contributed by atoms with Crippen molar-refractivity contribution in [1.82, 2.24) is 4.98 Å². The number of aromatic nitrogens is 1. The molecule has 0 aliphatic carbocycles. The van der Waals surface area contributed by atoms with Crippen LogP contribution in [0.2, 0.25) is 0 Å². The number of ether oxygens (including phenoxy) is 2. The Kier molecular flexibility index (Phi) is 2.72. The van der Waals surface area contributed by atoms with Crippen LogP contribution in [0.1, 0.15) is 10.4 Å². The summed E-state index contributed by atoms with van der Waals surface area (Å²) >= 11 is 0. The van der Waals surface area contributed by atoms with Crippen LogP contribution in [0.4, 0.5) is 0 Å². The van der Waals surface area contributed by atoms with E-state index >= 15 is 0 Å². The second kappa shape index (κ2) is 4.18. The standard InChI is InChI=1S/C12H11NO3/c1-15-11-4-9-3-8(7-14)6-13-10(9)5-12(11)16-2/h3-7H,1-2H3. The molecule has 0 atom stereocenters. The van der Waals surface area contributed by atoms with Gasteiger partial charge in [-0.2, -0.15) is 0 Å². The minimum absolute atomic E-state index is 0.541. The monoisotopic (exact) mass is 217 g/mol. The fourth-order valence-corrected chi connectivity index (χ4v) is 1.54. The fraction of sp³-hybridized carbons (Fsp3) is 0.167. The first-order valence-corrected chi connectivity index (χ1v) is 4.75. The number of methoxy groups -OCH3 is 2. The van der Waals surface area contributed by atoms with E-state index in [4.69, 9.17) is 9.47 Å². The van der Waals surface area contributed by atoms with E-state index in [0.717, 1.165) is 17.2 Å². The molecule has 2 rings (SSSR count). The summed E-state index contributed by atoms with van der Waals surface area (Å²) in [5, 5.41) is 0.849. The van der Waals surface area contributed by atoms with Crippen LogP contribution in [0.3, 0.4) is 0 Å². The number of rotatable bonds is 3. The normalized spacial score (nSPS) is 10.1. The van der Waals surface area contributed by atoms with E-state index < -0.39 is 0 Å². The van der Waals surface area contributed by atoms with Crippen molar-refractivity contribution in [2.24, 2.45) is 0 Å². The molecule has 4 heteroatoms. The van der Waals surface area contributed by atoms with Gasteiger partial charge in [-0.05, 0) is 12.1 Å². The maximum Gasteiger partial charge on any atom is 0.162 e. The van der Waals surface area contributed by atoms with E-state index in [1.807, 2.05) is 0 Å². The third-order valence-corrected chi connectivity index (χ3v) is 2.34. The van der Waals surface area contributed by atoms with Crippen molar-refractivity contribution in [1.29, 1.82) is 0 Å². The highest BCUT2D eigenvalue weighted by Crippen LogP contribution is 2.31. The zero-order chi connectivity index (χ0) is 11.5. The van der Waals surface area contributed by atoms with Crippen LogP contribution in [-0.2, 0) is 0 Å². The summed E-state index contributed by atoms with van der Waals surface area (Å²) in [6.45, 7) is 0. The number of hydrogen-bond acceptors (Lipinski definition) is 4. The molecule has 0 radical (unpaired) electrons. The molecule has 0 amide bonds. The van der Waals surface area contributed by atoms with Crippen LogP contribution in [0, 0.1) is 0 Å². The Bertz CT molecular complexity index is 537. The Morgan fingerprint density at radius 2 is 1.81 bits per heavy atom. The lowest BCUT2D eigenvalue weighted by Crippen LogP contribution is -1.92. The van der Waals surface area contributed by atoms with E-state index in [-0.39, 0.29) is 0 Å². The Balaban J connectivity index is 2.68. The molecule has 16 heavy (non-hydrogen) atoms. The maximum atomic E-state index is 10.6. The zero-order valence-corrected chi connectivity index (χ0v) is 9.06. The van der Waals surface area contributed by atoms with Gasteiger partial charge in [-0.15, -0.1) is 0 Å². The van der Waals surface area contributed by atoms with E-state index in [1.165, 1.54) is 6.20 Å². The van der Waals surface area contributed by atoms with Crippen LogP contribution < -0.4 is 9.47 Å². The van der Waals surface area contributed by atoms with Gasteiger partial charge >= 0.3 is 0 Å². The lowest BCUT2D eigenvalue weighted by Gasteiger charge is -2.08. The SMILES string of the molecule is COc1cc2cc(C=O)cnc2cc1OC. The van der Waals surface area contributed by atoms with E-state index in [0.29, 0.717) is 17.1 Å². The number of nitrogens with zero attached hydrogens (tertiary/aromatic N) is 1. The van der Waals surface area contributed by atoms with E-state index in [2.05, 4.69) is 4.98 Å². The summed E-state index contributed by atoms with van der Waals surface area (Å²) in [7, 11) is 3.14. The van der Waals surface area contributed by atoms with Crippen LogP contribution in [-0.4, -0.2) is 25.5 Å². The summed E-state index contributed by atoms with van der Waals surface area (Å²) in [5.41, 5.74) is 1.31. The minimum Gasteiger partial charge on any atom is -0.493 e. The molecule has 1 heterocycles. The van der Waals surface area contributed by atoms with Crippen molar-refractivity contribution >= 4 is 17.2 Å². The Morgan fingerprint density at radius 3 is 2.44 bits per heavy atom. The molecule has 0 unspecified atom stereocenters. The molecule has 1 aromatic carbocycles. The lowest BCUT2D eigenvalue weighted by molar-refractivity contribution is 0.112. The quantitative estimate of drug-likeness (QED) is 0.738. The number of carbonyl (C=O) groups is 1. The molecule has 0 saturated carbocycles. The highest BCUT2D eigenvalue weighted by Gasteiger charge is 2.06. The third kappa shape index (κ3) is 1.69. The zero-order valence-electron chi connectivity index (χ0n) is 9.06. The molecular weight excluding hydrogens is 206 g/mol. The third-order valence-electron chi connectivity index (χ3n) is 2.34. The smallest absolute Gasteiger partial charge is 0.162 e. The average molecular weight is 217 g/mol. The molecule has 1 aromatic heterocycles. The van der Waals surface area contributed by atoms with Crippen LogP contribution in [0.15, 0.2) is 24.4 Å². The largest absolute Gasteiger partial charge is 0.493 e. The molecule has 82 valence electrons. The van der Waals surface area contributed by atoms with Gasteiger partial charge in [-0.1, -0.05) is 0 Å². The molecule has 0 aliphatic heterocycles. The summed E-state index contributed by atoms with van der Waals surface area (Å²) < 4.78 is 10.3. The molecule has 0 saturated heterocycles. The number of pyridine rings is 1. The highest BCUT2D eigenvalue weighted by molar-refractivity contribution is 5.87. The van der Waals surface area contributed by atoms with Crippen molar-refractivity contribution in [3.05, 3.63) is 30.0 Å². The number of benzene rings is 1. The maximum absolute atomic E-state index is 10.6. The summed E-state index contributed by atoms with van der Waals surface area (Å²) in [5.74, 6) is 1.25. The van der Waals surface area contributed by atoms with E-state index in [1.54, 1.807) is 32.4 Å². The first-order chi connectivity index (χ1) is 7.78. The Labute approximate surface area is 92.8 Å². The van der Waals surface area contributed by atoms with Crippen molar-refractivity contribution in [3.63, 3.8) is 0 Å². The number of hydrogen-bond donors (Lipinski definition) is 0. The second-order valence-corrected chi connectivity index (χ2v) is 3.29. The van der Waals surface area contributed by atoms with Gasteiger partial charge in [0.1, 0.15) is 0 Å². The molecule has 0 aliphatic rings. The summed E-state index contributed by atoms with van der Waals surface area (Å²) in [6.07, 6.45) is 2.30. The number of fused-ring (bicyclic) bond motifs is 1. The van der Waals surface area contributed by atoms with Crippen molar-refractivity contribution in [3.8, 4) is 11.5 Å². The van der Waals surface area contributed by atoms with Gasteiger partial charge in [-0.25, -0.2) is 0 Å². The number of carbonyl (C=O) groups excluding carboxylic acids is 1. The first-order valence-electron chi connectivity index (χ1n) is 4.75. The van der Waals surface area contributed by atoms with E-state index in [9.17, 15) is 4.79 Å². The lowest BCUT2D eigenvalue weighted by atomic mass is 10.1. The van der Waals surface area contributed by atoms with Crippen LogP contribution in [0.5, 0.6) is 11.5 Å². The minimum atomic E-state index is 0.541. The summed E-state index contributed by atoms with van der Waals surface area (Å²) in [4.78, 5) is 14.8. The van der Waals surface area contributed by atoms with Crippen molar-refractivity contribution < 1.29 is 14.3 Å². The van der Waals surface area contributed by atoms with Gasteiger partial charge in [0.15, 0.2) is 17.8 Å². The topological polar surface area (TPSA) is 48.4 Å². The van der Waals surface area contributed by atoms with Gasteiger partial charge in [0.2, 0.25) is 0 Å². The van der Waals surface area contributed by atoms with Gasteiger partial charge in [0.25, 0.3) is 0 Å². The molecule has 2 aromatic rings. The first kappa shape index (κ1) is 10.4. The van der Waals surface area contributed by atoms with Crippen molar-refractivity contribution in [2.45, 2.75) is 0 Å². The molecule has 4 nitrogen and oxygen atoms in total. The van der Waals surface area contributed by atoms with Gasteiger partial charge in [0, 0.05) is 23.2 Å². The molecule has 0 spiro atoms. The molecule has 0 bridgehead atoms. The number of aldehydes is 1. The predicted molar refractivity (Wildman–Crippen MR) is 60.2 cm³/mol. The fourth-order valence-electron chi connectivity index (χ4n) is 1.54. The van der Waals surface area contributed by atoms with Gasteiger partial charge in [0.05, 0.1) is 19.7 Å². The predicted octanol–water partition coefficient (Wildman–Crippen LogP) is 2.06. The van der Waals surface area contributed by atoms with Gasteiger partial charge < -0.3 is 9.47 Å². The second-order valence-electron chi connectivity index (χ2n) is 3.29. The molecular formula is C12H11NO3. The molecule has 0 fully saturated rings. The van der Waals surface area contributed by atoms with Gasteiger partial charge in [-0.3, -0.25) is 9.78 Å².